The molecule has 1 aliphatic rings. The van der Waals surface area contributed by atoms with Gasteiger partial charge in [-0.05, 0) is 25.5 Å². The van der Waals surface area contributed by atoms with E-state index in [1.165, 1.54) is 0 Å². The van der Waals surface area contributed by atoms with Crippen LogP contribution in [0.2, 0.25) is 0 Å². The molecule has 0 saturated carbocycles. The van der Waals surface area contributed by atoms with E-state index in [2.05, 4.69) is 25.3 Å². The molecule has 1 unspecified atom stereocenters. The van der Waals surface area contributed by atoms with E-state index in [-0.39, 0.29) is 0 Å². The fourth-order valence-electron chi connectivity index (χ4n) is 2.79. The fourth-order valence-corrected chi connectivity index (χ4v) is 2.79. The third kappa shape index (κ3) is 3.03. The van der Waals surface area contributed by atoms with Crippen molar-refractivity contribution in [3.05, 3.63) is 35.9 Å². The second-order valence-electron chi connectivity index (χ2n) is 5.39. The molecule has 2 aromatic rings. The number of H-pyrrole nitrogens is 1. The Hall–Kier alpha value is -1.99. The summed E-state index contributed by atoms with van der Waals surface area (Å²) in [6.45, 7) is 2.13. The van der Waals surface area contributed by atoms with Gasteiger partial charge < -0.3 is 9.84 Å². The van der Waals surface area contributed by atoms with Gasteiger partial charge in [0.25, 0.3) is 0 Å². The number of likely N-dealkylation sites (tertiary alicyclic amines) is 1. The molecule has 2 N–H and O–H groups in total. The maximum atomic E-state index is 10.8. The molecular weight excluding hydrogens is 270 g/mol. The largest absolute Gasteiger partial charge is 0.497 e. The molecule has 0 radical (unpaired) electrons. The van der Waals surface area contributed by atoms with Crippen molar-refractivity contribution in [1.29, 1.82) is 0 Å². The average Bonchev–Trinajstić information content (AvgIpc) is 3.03. The zero-order valence-electron chi connectivity index (χ0n) is 12.0. The SMILES string of the molecule is COc1ccnc(CN2CCCC(O)(c3cn[nH]n3)C2)c1. The minimum atomic E-state index is -0.940. The molecule has 0 aliphatic carbocycles. The number of hydrogen-bond acceptors (Lipinski definition) is 6. The van der Waals surface area contributed by atoms with E-state index in [0.717, 1.165) is 24.4 Å². The van der Waals surface area contributed by atoms with Crippen LogP contribution in [-0.2, 0) is 12.1 Å². The summed E-state index contributed by atoms with van der Waals surface area (Å²) in [5.41, 5.74) is 0.592. The molecule has 1 atom stereocenters. The van der Waals surface area contributed by atoms with Crippen molar-refractivity contribution >= 4 is 0 Å². The zero-order chi connectivity index (χ0) is 14.7. The Bertz CT molecular complexity index is 589. The molecule has 1 saturated heterocycles. The number of rotatable bonds is 4. The summed E-state index contributed by atoms with van der Waals surface area (Å²) in [4.78, 5) is 6.54. The Labute approximate surface area is 123 Å². The Balaban J connectivity index is 1.71. The van der Waals surface area contributed by atoms with Crippen molar-refractivity contribution in [2.45, 2.75) is 25.0 Å². The third-order valence-corrected chi connectivity index (χ3v) is 3.85. The number of methoxy groups -OCH3 is 1. The van der Waals surface area contributed by atoms with Crippen molar-refractivity contribution in [1.82, 2.24) is 25.3 Å². The number of aliphatic hydroxyl groups is 1. The number of hydrogen-bond donors (Lipinski definition) is 2. The number of aromatic amines is 1. The molecule has 0 amide bonds. The molecule has 0 bridgehead atoms. The van der Waals surface area contributed by atoms with Crippen LogP contribution in [0.15, 0.2) is 24.5 Å². The first kappa shape index (κ1) is 14.0. The molecule has 1 aliphatic heterocycles. The summed E-state index contributed by atoms with van der Waals surface area (Å²) in [6.07, 6.45) is 4.93. The minimum absolute atomic E-state index is 0.526. The molecule has 1 fully saturated rings. The number of piperidine rings is 1. The number of aromatic nitrogens is 4. The summed E-state index contributed by atoms with van der Waals surface area (Å²) in [6, 6.07) is 3.75. The predicted molar refractivity (Wildman–Crippen MR) is 75.6 cm³/mol. The Morgan fingerprint density at radius 2 is 2.43 bits per heavy atom. The number of pyridine rings is 1. The summed E-state index contributed by atoms with van der Waals surface area (Å²) in [5.74, 6) is 0.795. The van der Waals surface area contributed by atoms with E-state index >= 15 is 0 Å². The smallest absolute Gasteiger partial charge is 0.123 e. The van der Waals surface area contributed by atoms with Crippen molar-refractivity contribution in [3.8, 4) is 5.75 Å². The van der Waals surface area contributed by atoms with E-state index in [4.69, 9.17) is 4.74 Å². The second-order valence-corrected chi connectivity index (χ2v) is 5.39. The Morgan fingerprint density at radius 3 is 3.19 bits per heavy atom. The zero-order valence-corrected chi connectivity index (χ0v) is 12.0. The van der Waals surface area contributed by atoms with Crippen molar-refractivity contribution in [2.75, 3.05) is 20.2 Å². The standard InChI is InChI=1S/C14H19N5O2/c1-21-12-3-5-15-11(7-12)9-19-6-2-4-14(20,10-19)13-8-16-18-17-13/h3,5,7-8,20H,2,4,6,9-10H2,1H3,(H,16,17,18). The van der Waals surface area contributed by atoms with Gasteiger partial charge in [-0.25, -0.2) is 0 Å². The van der Waals surface area contributed by atoms with Gasteiger partial charge in [-0.3, -0.25) is 9.88 Å². The number of nitrogens with zero attached hydrogens (tertiary/aromatic N) is 4. The normalized spacial score (nSPS) is 23.1. The molecule has 3 rings (SSSR count). The summed E-state index contributed by atoms with van der Waals surface area (Å²) in [7, 11) is 1.64. The molecule has 21 heavy (non-hydrogen) atoms. The average molecular weight is 289 g/mol. The lowest BCUT2D eigenvalue weighted by molar-refractivity contribution is -0.0417. The summed E-state index contributed by atoms with van der Waals surface area (Å²) < 4.78 is 5.21. The quantitative estimate of drug-likeness (QED) is 0.861. The lowest BCUT2D eigenvalue weighted by atomic mass is 9.90. The number of nitrogens with one attached hydrogen (secondary N) is 1. The van der Waals surface area contributed by atoms with Gasteiger partial charge in [0.05, 0.1) is 19.0 Å². The van der Waals surface area contributed by atoms with Crippen molar-refractivity contribution < 1.29 is 9.84 Å². The Kier molecular flexibility index (Phi) is 3.85. The summed E-state index contributed by atoms with van der Waals surface area (Å²) in [5, 5.41) is 21.2. The topological polar surface area (TPSA) is 87.2 Å². The maximum Gasteiger partial charge on any atom is 0.123 e. The molecule has 112 valence electrons. The second kappa shape index (κ2) is 5.79. The maximum absolute atomic E-state index is 10.8. The van der Waals surface area contributed by atoms with Crippen LogP contribution in [0.25, 0.3) is 0 Å². The fraction of sp³-hybridized carbons (Fsp3) is 0.500. The highest BCUT2D eigenvalue weighted by atomic mass is 16.5. The number of β-amino-alcohol motifs (C(OH)–C–C–N with tert-alkyl or cyclic N) is 1. The van der Waals surface area contributed by atoms with Gasteiger partial charge in [0.1, 0.15) is 17.0 Å². The van der Waals surface area contributed by atoms with Crippen LogP contribution in [0, 0.1) is 0 Å². The van der Waals surface area contributed by atoms with Gasteiger partial charge in [-0.2, -0.15) is 15.4 Å². The van der Waals surface area contributed by atoms with E-state index in [1.807, 2.05) is 12.1 Å². The van der Waals surface area contributed by atoms with Gasteiger partial charge in [-0.15, -0.1) is 0 Å². The van der Waals surface area contributed by atoms with E-state index in [9.17, 15) is 5.11 Å². The molecule has 7 nitrogen and oxygen atoms in total. The van der Waals surface area contributed by atoms with Crippen LogP contribution in [-0.4, -0.2) is 50.6 Å². The Morgan fingerprint density at radius 1 is 1.52 bits per heavy atom. The predicted octanol–water partition coefficient (Wildman–Crippen LogP) is 0.692. The number of ether oxygens (including phenoxy) is 1. The van der Waals surface area contributed by atoms with Gasteiger partial charge in [0.2, 0.25) is 0 Å². The van der Waals surface area contributed by atoms with Crippen LogP contribution >= 0.6 is 0 Å². The monoisotopic (exact) mass is 289 g/mol. The first-order chi connectivity index (χ1) is 10.2. The molecule has 0 aromatic carbocycles. The van der Waals surface area contributed by atoms with Crippen LogP contribution in [0.3, 0.4) is 0 Å². The van der Waals surface area contributed by atoms with E-state index in [1.54, 1.807) is 19.5 Å². The molecule has 2 aromatic heterocycles. The van der Waals surface area contributed by atoms with E-state index in [0.29, 0.717) is 25.2 Å². The van der Waals surface area contributed by atoms with E-state index < -0.39 is 5.60 Å². The summed E-state index contributed by atoms with van der Waals surface area (Å²) >= 11 is 0. The van der Waals surface area contributed by atoms with Crippen LogP contribution in [0.4, 0.5) is 0 Å². The third-order valence-electron chi connectivity index (χ3n) is 3.85. The van der Waals surface area contributed by atoms with Gasteiger partial charge >= 0.3 is 0 Å². The first-order valence-corrected chi connectivity index (χ1v) is 6.99. The highest BCUT2D eigenvalue weighted by Gasteiger charge is 2.37. The first-order valence-electron chi connectivity index (χ1n) is 6.99. The van der Waals surface area contributed by atoms with Crippen LogP contribution in [0.5, 0.6) is 5.75 Å². The highest BCUT2D eigenvalue weighted by molar-refractivity contribution is 5.22. The molecule has 0 spiro atoms. The van der Waals surface area contributed by atoms with Crippen LogP contribution in [0.1, 0.15) is 24.2 Å². The molecule has 3 heterocycles. The highest BCUT2D eigenvalue weighted by Crippen LogP contribution is 2.30. The van der Waals surface area contributed by atoms with Crippen LogP contribution < -0.4 is 4.74 Å². The van der Waals surface area contributed by atoms with Crippen molar-refractivity contribution in [3.63, 3.8) is 0 Å². The van der Waals surface area contributed by atoms with Crippen molar-refractivity contribution in [2.24, 2.45) is 0 Å². The van der Waals surface area contributed by atoms with Gasteiger partial charge in [0, 0.05) is 25.4 Å². The minimum Gasteiger partial charge on any atom is -0.497 e. The lowest BCUT2D eigenvalue weighted by Crippen LogP contribution is -2.46. The molecule has 7 heteroatoms. The lowest BCUT2D eigenvalue weighted by Gasteiger charge is -2.37. The van der Waals surface area contributed by atoms with Gasteiger partial charge in [0.15, 0.2) is 0 Å². The van der Waals surface area contributed by atoms with Gasteiger partial charge in [-0.1, -0.05) is 0 Å². The molecular formula is C14H19N5O2.